The molecule has 0 bridgehead atoms. The average molecular weight is 352 g/mol. The van der Waals surface area contributed by atoms with Crippen LogP contribution in [0, 0.1) is 0 Å². The molecule has 1 saturated heterocycles. The summed E-state index contributed by atoms with van der Waals surface area (Å²) >= 11 is 6.85. The maximum absolute atomic E-state index is 12.4. The summed E-state index contributed by atoms with van der Waals surface area (Å²) in [7, 11) is 0.171. The predicted molar refractivity (Wildman–Crippen MR) is 83.2 cm³/mol. The number of hydrogen-bond acceptors (Lipinski definition) is 5. The average Bonchev–Trinajstić information content (AvgIpc) is 2.85. The SMILES string of the molecule is CN(C)CC(=O)N1CCN(S(=O)(=O)c2ccc(Cl)s2)CC1. The molecule has 1 aromatic rings. The third kappa shape index (κ3) is 3.95. The first-order chi connectivity index (χ1) is 9.80. The zero-order valence-corrected chi connectivity index (χ0v) is 14.3. The van der Waals surface area contributed by atoms with Crippen LogP contribution in [0.2, 0.25) is 4.34 Å². The van der Waals surface area contributed by atoms with Crippen molar-refractivity contribution in [3.8, 4) is 0 Å². The number of amides is 1. The highest BCUT2D eigenvalue weighted by Gasteiger charge is 2.31. The minimum atomic E-state index is -3.49. The molecule has 1 aliphatic rings. The Labute approximate surface area is 133 Å². The number of carbonyl (C=O) groups is 1. The molecule has 0 saturated carbocycles. The van der Waals surface area contributed by atoms with Gasteiger partial charge in [0.25, 0.3) is 10.0 Å². The summed E-state index contributed by atoms with van der Waals surface area (Å²) in [5, 5.41) is 0. The quantitative estimate of drug-likeness (QED) is 0.805. The van der Waals surface area contributed by atoms with Gasteiger partial charge in [-0.15, -0.1) is 11.3 Å². The van der Waals surface area contributed by atoms with E-state index in [0.29, 0.717) is 37.1 Å². The number of carbonyl (C=O) groups excluding carboxylic acids is 1. The Balaban J connectivity index is 1.99. The second kappa shape index (κ2) is 6.62. The summed E-state index contributed by atoms with van der Waals surface area (Å²) in [5.74, 6) is 0.0243. The molecule has 0 aliphatic carbocycles. The van der Waals surface area contributed by atoms with Crippen LogP contribution in [0.1, 0.15) is 0 Å². The largest absolute Gasteiger partial charge is 0.339 e. The number of thiophene rings is 1. The van der Waals surface area contributed by atoms with Crippen LogP contribution in [0.5, 0.6) is 0 Å². The highest BCUT2D eigenvalue weighted by Crippen LogP contribution is 2.28. The lowest BCUT2D eigenvalue weighted by atomic mass is 10.3. The molecule has 6 nitrogen and oxygen atoms in total. The summed E-state index contributed by atoms with van der Waals surface area (Å²) in [6.45, 7) is 1.82. The highest BCUT2D eigenvalue weighted by atomic mass is 35.5. The van der Waals surface area contributed by atoms with Crippen LogP contribution in [0.25, 0.3) is 0 Å². The van der Waals surface area contributed by atoms with Crippen molar-refractivity contribution in [3.63, 3.8) is 0 Å². The minimum absolute atomic E-state index is 0.0243. The Morgan fingerprint density at radius 3 is 2.38 bits per heavy atom. The molecule has 0 spiro atoms. The van der Waals surface area contributed by atoms with Crippen molar-refractivity contribution < 1.29 is 13.2 Å². The van der Waals surface area contributed by atoms with E-state index in [4.69, 9.17) is 11.6 Å². The van der Waals surface area contributed by atoms with E-state index < -0.39 is 10.0 Å². The number of hydrogen-bond donors (Lipinski definition) is 0. The van der Waals surface area contributed by atoms with Crippen LogP contribution >= 0.6 is 22.9 Å². The highest BCUT2D eigenvalue weighted by molar-refractivity contribution is 7.91. The zero-order valence-electron chi connectivity index (χ0n) is 12.0. The first kappa shape index (κ1) is 16.7. The van der Waals surface area contributed by atoms with Crippen molar-refractivity contribution in [1.82, 2.24) is 14.1 Å². The maximum Gasteiger partial charge on any atom is 0.252 e. The van der Waals surface area contributed by atoms with Gasteiger partial charge in [-0.25, -0.2) is 8.42 Å². The smallest absolute Gasteiger partial charge is 0.252 e. The molecule has 118 valence electrons. The normalized spacial score (nSPS) is 17.4. The van der Waals surface area contributed by atoms with Gasteiger partial charge in [0.05, 0.1) is 10.9 Å². The second-order valence-electron chi connectivity index (χ2n) is 5.08. The van der Waals surface area contributed by atoms with Gasteiger partial charge in [0.1, 0.15) is 4.21 Å². The summed E-state index contributed by atoms with van der Waals surface area (Å²) in [4.78, 5) is 15.4. The monoisotopic (exact) mass is 351 g/mol. The summed E-state index contributed by atoms with van der Waals surface area (Å²) in [5.41, 5.74) is 0. The number of halogens is 1. The van der Waals surface area contributed by atoms with E-state index >= 15 is 0 Å². The number of rotatable bonds is 4. The molecule has 1 aliphatic heterocycles. The van der Waals surface area contributed by atoms with Crippen molar-refractivity contribution in [2.24, 2.45) is 0 Å². The topological polar surface area (TPSA) is 60.9 Å². The van der Waals surface area contributed by atoms with Gasteiger partial charge in [-0.1, -0.05) is 11.6 Å². The van der Waals surface area contributed by atoms with Crippen molar-refractivity contribution in [3.05, 3.63) is 16.5 Å². The lowest BCUT2D eigenvalue weighted by Gasteiger charge is -2.34. The molecule has 1 fully saturated rings. The van der Waals surface area contributed by atoms with Crippen LogP contribution in [0.3, 0.4) is 0 Å². The van der Waals surface area contributed by atoms with Crippen molar-refractivity contribution in [2.75, 3.05) is 46.8 Å². The minimum Gasteiger partial charge on any atom is -0.339 e. The van der Waals surface area contributed by atoms with Gasteiger partial charge >= 0.3 is 0 Å². The van der Waals surface area contributed by atoms with Gasteiger partial charge in [0.2, 0.25) is 5.91 Å². The molecule has 9 heteroatoms. The number of likely N-dealkylation sites (N-methyl/N-ethyl adjacent to an activating group) is 1. The molecule has 0 N–H and O–H groups in total. The van der Waals surface area contributed by atoms with Crippen LogP contribution < -0.4 is 0 Å². The summed E-state index contributed by atoms with van der Waals surface area (Å²) < 4.78 is 27.0. The van der Waals surface area contributed by atoms with Crippen molar-refractivity contribution in [2.45, 2.75) is 4.21 Å². The van der Waals surface area contributed by atoms with Crippen LogP contribution in [-0.2, 0) is 14.8 Å². The molecule has 0 atom stereocenters. The fourth-order valence-corrected chi connectivity index (χ4v) is 5.17. The third-order valence-corrected chi connectivity index (χ3v) is 6.78. The Hall–Kier alpha value is -0.670. The van der Waals surface area contributed by atoms with E-state index in [-0.39, 0.29) is 10.1 Å². The Kier molecular flexibility index (Phi) is 5.26. The second-order valence-corrected chi connectivity index (χ2v) is 8.96. The van der Waals surface area contributed by atoms with Crippen molar-refractivity contribution >= 4 is 38.9 Å². The van der Waals surface area contributed by atoms with Crippen molar-refractivity contribution in [1.29, 1.82) is 0 Å². The molecule has 0 unspecified atom stereocenters. The molecule has 2 rings (SSSR count). The van der Waals surface area contributed by atoms with Crippen LogP contribution in [0.4, 0.5) is 0 Å². The summed E-state index contributed by atoms with van der Waals surface area (Å²) in [6, 6.07) is 3.10. The van der Waals surface area contributed by atoms with Gasteiger partial charge in [-0.3, -0.25) is 4.79 Å². The van der Waals surface area contributed by atoms with E-state index in [1.807, 2.05) is 14.1 Å². The number of nitrogens with zero attached hydrogens (tertiary/aromatic N) is 3. The van der Waals surface area contributed by atoms with Gasteiger partial charge in [-0.2, -0.15) is 4.31 Å². The number of piperazine rings is 1. The Morgan fingerprint density at radius 1 is 1.29 bits per heavy atom. The van der Waals surface area contributed by atoms with E-state index in [1.54, 1.807) is 15.9 Å². The van der Waals surface area contributed by atoms with Crippen LogP contribution in [-0.4, -0.2) is 75.2 Å². The molecule has 0 aromatic carbocycles. The Bertz CT molecular complexity index is 607. The van der Waals surface area contributed by atoms with E-state index in [0.717, 1.165) is 11.3 Å². The maximum atomic E-state index is 12.4. The fraction of sp³-hybridized carbons (Fsp3) is 0.583. The third-order valence-electron chi connectivity index (χ3n) is 3.19. The van der Waals surface area contributed by atoms with E-state index in [2.05, 4.69) is 0 Å². The first-order valence-corrected chi connectivity index (χ1v) is 9.12. The van der Waals surface area contributed by atoms with E-state index in [9.17, 15) is 13.2 Å². The van der Waals surface area contributed by atoms with Gasteiger partial charge in [0, 0.05) is 26.2 Å². The first-order valence-electron chi connectivity index (χ1n) is 6.48. The lowest BCUT2D eigenvalue weighted by Crippen LogP contribution is -2.52. The molecule has 1 amide bonds. The van der Waals surface area contributed by atoms with E-state index in [1.165, 1.54) is 10.4 Å². The fourth-order valence-electron chi connectivity index (χ4n) is 2.11. The molecular formula is C12H18ClN3O3S2. The molecule has 2 heterocycles. The lowest BCUT2D eigenvalue weighted by molar-refractivity contribution is -0.133. The molecule has 1 aromatic heterocycles. The van der Waals surface area contributed by atoms with Gasteiger partial charge in [-0.05, 0) is 26.2 Å². The molecule has 21 heavy (non-hydrogen) atoms. The standard InChI is InChI=1S/C12H18ClN3O3S2/c1-14(2)9-11(17)15-5-7-16(8-6-15)21(18,19)12-4-3-10(13)20-12/h3-4H,5-9H2,1-2H3. The summed E-state index contributed by atoms with van der Waals surface area (Å²) in [6.07, 6.45) is 0. The molecular weight excluding hydrogens is 334 g/mol. The van der Waals surface area contributed by atoms with Crippen LogP contribution in [0.15, 0.2) is 16.3 Å². The zero-order chi connectivity index (χ0) is 15.6. The predicted octanol–water partition coefficient (Wildman–Crippen LogP) is 0.796. The Morgan fingerprint density at radius 2 is 1.90 bits per heavy atom. The molecule has 0 radical (unpaired) electrons. The van der Waals surface area contributed by atoms with Gasteiger partial charge in [0.15, 0.2) is 0 Å². The van der Waals surface area contributed by atoms with Gasteiger partial charge < -0.3 is 9.80 Å². The number of sulfonamides is 1.